The minimum Gasteiger partial charge on any atom is -0.338 e. The van der Waals surface area contributed by atoms with Crippen molar-refractivity contribution in [3.63, 3.8) is 0 Å². The van der Waals surface area contributed by atoms with Crippen molar-refractivity contribution < 1.29 is 9.59 Å². The second kappa shape index (κ2) is 13.1. The van der Waals surface area contributed by atoms with Gasteiger partial charge in [-0.2, -0.15) is 0 Å². The molecule has 158 valence electrons. The van der Waals surface area contributed by atoms with E-state index in [0.29, 0.717) is 5.57 Å². The largest absolute Gasteiger partial charge is 0.338 e. The molecule has 2 N–H and O–H groups in total. The van der Waals surface area contributed by atoms with Gasteiger partial charge in [-0.3, -0.25) is 4.79 Å². The fourth-order valence-corrected chi connectivity index (χ4v) is 3.08. The molecule has 1 unspecified atom stereocenters. The summed E-state index contributed by atoms with van der Waals surface area (Å²) in [5.74, 6) is -0.279. The van der Waals surface area contributed by atoms with Crippen LogP contribution >= 0.6 is 0 Å². The molecule has 0 aliphatic heterocycles. The summed E-state index contributed by atoms with van der Waals surface area (Å²) in [7, 11) is 1.65. The summed E-state index contributed by atoms with van der Waals surface area (Å²) in [6.45, 7) is 12.1. The van der Waals surface area contributed by atoms with Crippen molar-refractivity contribution >= 4 is 12.2 Å². The molecule has 0 bridgehead atoms. The second-order valence-electron chi connectivity index (χ2n) is 6.66. The SMILES string of the molecule is C=C/C(=C\C=C/C)C(NC(=O)C[C@@H](C=O)NC)(C(=C)/C=C\C=C/C)c1ccccc1. The highest BCUT2D eigenvalue weighted by atomic mass is 16.2. The first-order chi connectivity index (χ1) is 14.5. The summed E-state index contributed by atoms with van der Waals surface area (Å²) in [6.07, 6.45) is 15.7. The van der Waals surface area contributed by atoms with Crippen molar-refractivity contribution in [3.8, 4) is 0 Å². The topological polar surface area (TPSA) is 58.2 Å². The molecule has 0 aliphatic carbocycles. The maximum atomic E-state index is 13.0. The molecule has 1 amide bonds. The van der Waals surface area contributed by atoms with Gasteiger partial charge in [-0.25, -0.2) is 0 Å². The van der Waals surface area contributed by atoms with Gasteiger partial charge in [-0.15, -0.1) is 0 Å². The molecule has 0 spiro atoms. The highest BCUT2D eigenvalue weighted by Gasteiger charge is 2.38. The van der Waals surface area contributed by atoms with E-state index in [1.165, 1.54) is 0 Å². The monoisotopic (exact) mass is 404 g/mol. The van der Waals surface area contributed by atoms with Crippen LogP contribution in [0.2, 0.25) is 0 Å². The van der Waals surface area contributed by atoms with E-state index in [-0.39, 0.29) is 12.3 Å². The average molecular weight is 405 g/mol. The summed E-state index contributed by atoms with van der Waals surface area (Å²) in [4.78, 5) is 24.3. The maximum absolute atomic E-state index is 13.0. The number of nitrogens with one attached hydrogen (secondary N) is 2. The van der Waals surface area contributed by atoms with Gasteiger partial charge in [-0.1, -0.05) is 92.1 Å². The molecule has 2 atom stereocenters. The lowest BCUT2D eigenvalue weighted by Gasteiger charge is -2.38. The Morgan fingerprint density at radius 3 is 2.33 bits per heavy atom. The minimum absolute atomic E-state index is 0.00841. The number of likely N-dealkylation sites (N-methyl/N-ethyl adjacent to an activating group) is 1. The average Bonchev–Trinajstić information content (AvgIpc) is 2.77. The van der Waals surface area contributed by atoms with E-state index >= 15 is 0 Å². The first kappa shape index (κ1) is 24.8. The third-order valence-corrected chi connectivity index (χ3v) is 4.68. The first-order valence-corrected chi connectivity index (χ1v) is 9.93. The molecular weight excluding hydrogens is 372 g/mol. The number of aldehydes is 1. The molecule has 4 heteroatoms. The van der Waals surface area contributed by atoms with E-state index in [1.54, 1.807) is 13.1 Å². The number of hydrogen-bond donors (Lipinski definition) is 2. The Balaban J connectivity index is 3.69. The van der Waals surface area contributed by atoms with Gasteiger partial charge < -0.3 is 15.4 Å². The van der Waals surface area contributed by atoms with E-state index < -0.39 is 11.6 Å². The Morgan fingerprint density at radius 2 is 1.80 bits per heavy atom. The minimum atomic E-state index is -1.04. The number of hydrogen-bond acceptors (Lipinski definition) is 3. The van der Waals surface area contributed by atoms with Gasteiger partial charge in [0.1, 0.15) is 11.8 Å². The molecule has 0 aliphatic rings. The molecule has 0 saturated heterocycles. The van der Waals surface area contributed by atoms with Crippen LogP contribution in [0.1, 0.15) is 25.8 Å². The van der Waals surface area contributed by atoms with E-state index in [4.69, 9.17) is 0 Å². The normalized spacial score (nSPS) is 15.2. The van der Waals surface area contributed by atoms with Crippen molar-refractivity contribution in [3.05, 3.63) is 109 Å². The fourth-order valence-electron chi connectivity index (χ4n) is 3.08. The van der Waals surface area contributed by atoms with Crippen LogP contribution in [-0.4, -0.2) is 25.3 Å². The molecular formula is C26H32N2O2. The molecule has 4 nitrogen and oxygen atoms in total. The Hall–Kier alpha value is -3.24. The molecule has 0 saturated carbocycles. The Labute approximate surface area is 180 Å². The van der Waals surface area contributed by atoms with Crippen LogP contribution < -0.4 is 10.6 Å². The zero-order chi connectivity index (χ0) is 22.4. The second-order valence-corrected chi connectivity index (χ2v) is 6.66. The smallest absolute Gasteiger partial charge is 0.223 e. The molecule has 0 fully saturated rings. The molecule has 1 aromatic rings. The van der Waals surface area contributed by atoms with Gasteiger partial charge in [0.05, 0.1) is 6.04 Å². The highest BCUT2D eigenvalue weighted by molar-refractivity contribution is 5.83. The number of carbonyl (C=O) groups excluding carboxylic acids is 2. The van der Waals surface area contributed by atoms with Gasteiger partial charge in [-0.05, 0) is 37.6 Å². The van der Waals surface area contributed by atoms with E-state index in [1.807, 2.05) is 86.7 Å². The van der Waals surface area contributed by atoms with E-state index in [0.717, 1.165) is 17.4 Å². The lowest BCUT2D eigenvalue weighted by molar-refractivity contribution is -0.124. The van der Waals surface area contributed by atoms with Gasteiger partial charge in [0, 0.05) is 6.42 Å². The highest BCUT2D eigenvalue weighted by Crippen LogP contribution is 2.38. The first-order valence-electron chi connectivity index (χ1n) is 9.93. The van der Waals surface area contributed by atoms with Crippen molar-refractivity contribution in [2.24, 2.45) is 0 Å². The predicted molar refractivity (Wildman–Crippen MR) is 126 cm³/mol. The van der Waals surface area contributed by atoms with Crippen molar-refractivity contribution in [2.75, 3.05) is 7.05 Å². The number of amides is 1. The Bertz CT molecular complexity index is 847. The van der Waals surface area contributed by atoms with Crippen LogP contribution in [0.5, 0.6) is 0 Å². The maximum Gasteiger partial charge on any atom is 0.223 e. The Morgan fingerprint density at radius 1 is 1.13 bits per heavy atom. The zero-order valence-electron chi connectivity index (χ0n) is 18.1. The van der Waals surface area contributed by atoms with Crippen LogP contribution in [-0.2, 0) is 15.1 Å². The van der Waals surface area contributed by atoms with Crippen molar-refractivity contribution in [1.82, 2.24) is 10.6 Å². The van der Waals surface area contributed by atoms with E-state index in [2.05, 4.69) is 23.8 Å². The molecule has 30 heavy (non-hydrogen) atoms. The summed E-state index contributed by atoms with van der Waals surface area (Å²) in [6, 6.07) is 9.06. The lowest BCUT2D eigenvalue weighted by Crippen LogP contribution is -2.49. The molecule has 1 aromatic carbocycles. The van der Waals surface area contributed by atoms with Crippen molar-refractivity contribution in [2.45, 2.75) is 31.8 Å². The molecule has 0 radical (unpaired) electrons. The quantitative estimate of drug-likeness (QED) is 0.397. The zero-order valence-corrected chi connectivity index (χ0v) is 18.1. The van der Waals surface area contributed by atoms with Crippen LogP contribution in [0.4, 0.5) is 0 Å². The lowest BCUT2D eigenvalue weighted by atomic mass is 9.76. The number of allylic oxidation sites excluding steroid dienone is 6. The van der Waals surface area contributed by atoms with Gasteiger partial charge in [0.2, 0.25) is 5.91 Å². The number of benzene rings is 1. The number of rotatable bonds is 12. The third kappa shape index (κ3) is 6.39. The van der Waals surface area contributed by atoms with Crippen molar-refractivity contribution in [1.29, 1.82) is 0 Å². The fraction of sp³-hybridized carbons (Fsp3) is 0.231. The van der Waals surface area contributed by atoms with Gasteiger partial charge >= 0.3 is 0 Å². The predicted octanol–water partition coefficient (Wildman–Crippen LogP) is 4.55. The summed E-state index contributed by atoms with van der Waals surface area (Å²) >= 11 is 0. The van der Waals surface area contributed by atoms with Crippen LogP contribution in [0.3, 0.4) is 0 Å². The van der Waals surface area contributed by atoms with Crippen LogP contribution in [0.15, 0.2) is 103 Å². The molecule has 1 rings (SSSR count). The molecule has 0 aromatic heterocycles. The summed E-state index contributed by atoms with van der Waals surface area (Å²) in [5.41, 5.74) is 1.24. The van der Waals surface area contributed by atoms with Gasteiger partial charge in [0.25, 0.3) is 0 Å². The van der Waals surface area contributed by atoms with Crippen LogP contribution in [0.25, 0.3) is 0 Å². The standard InChI is InChI=1S/C26H32N2O2/c1-6-9-12-15-21(4)26(22(8-3)16-10-7-2,23-17-13-11-14-18-23)28-25(30)19-24(20-29)27-5/h6-18,20,24,27H,3-4,19H2,1-2,5H3,(H,28,30)/b9-6-,10-7-,15-12-,22-16+/t24-,26?/m0/s1. The van der Waals surface area contributed by atoms with E-state index in [9.17, 15) is 9.59 Å². The number of carbonyl (C=O) groups is 2. The van der Waals surface area contributed by atoms with Crippen LogP contribution in [0, 0.1) is 0 Å². The molecule has 0 heterocycles. The Kier molecular flexibility index (Phi) is 10.8. The van der Waals surface area contributed by atoms with Gasteiger partial charge in [0.15, 0.2) is 0 Å². The third-order valence-electron chi connectivity index (χ3n) is 4.68. The summed E-state index contributed by atoms with van der Waals surface area (Å²) in [5, 5.41) is 5.98. The summed E-state index contributed by atoms with van der Waals surface area (Å²) < 4.78 is 0.